The van der Waals surface area contributed by atoms with Crippen molar-refractivity contribution in [1.82, 2.24) is 9.55 Å². The van der Waals surface area contributed by atoms with Crippen LogP contribution in [0.5, 0.6) is 5.75 Å². The van der Waals surface area contributed by atoms with E-state index in [1.165, 1.54) is 19.2 Å². The van der Waals surface area contributed by atoms with E-state index in [9.17, 15) is 18.0 Å². The van der Waals surface area contributed by atoms with Crippen LogP contribution in [-0.4, -0.2) is 29.2 Å². The van der Waals surface area contributed by atoms with E-state index in [-0.39, 0.29) is 5.97 Å². The van der Waals surface area contributed by atoms with Crippen LogP contribution in [0.25, 0.3) is 28.1 Å². The predicted molar refractivity (Wildman–Crippen MR) is 127 cm³/mol. The number of alkyl halides is 3. The highest BCUT2D eigenvalue weighted by Gasteiger charge is 2.30. The Kier molecular flexibility index (Phi) is 7.39. The van der Waals surface area contributed by atoms with E-state index in [2.05, 4.69) is 4.74 Å². The number of nitrogens with zero attached hydrogens (tertiary/aromatic N) is 2. The highest BCUT2D eigenvalue weighted by Crippen LogP contribution is 2.34. The molecule has 5 nitrogen and oxygen atoms in total. The number of fused-ring (bicyclic) bond motifs is 1. The molecular formula is C27H25F3N2O3. The molecule has 8 heteroatoms. The molecule has 0 radical (unpaired) electrons. The minimum Gasteiger partial charge on any atom is -0.494 e. The van der Waals surface area contributed by atoms with Crippen LogP contribution in [0.2, 0.25) is 0 Å². The second kappa shape index (κ2) is 10.6. The maximum Gasteiger partial charge on any atom is 0.416 e. The van der Waals surface area contributed by atoms with Gasteiger partial charge in [0.2, 0.25) is 0 Å². The molecule has 1 aromatic heterocycles. The van der Waals surface area contributed by atoms with Crippen molar-refractivity contribution in [3.63, 3.8) is 0 Å². The highest BCUT2D eigenvalue weighted by molar-refractivity contribution is 5.84. The molecule has 0 amide bonds. The van der Waals surface area contributed by atoms with E-state index in [1.807, 2.05) is 53.1 Å². The summed E-state index contributed by atoms with van der Waals surface area (Å²) in [6.07, 6.45) is -1.62. The van der Waals surface area contributed by atoms with Crippen LogP contribution in [-0.2, 0) is 15.7 Å². The van der Waals surface area contributed by atoms with Gasteiger partial charge in [-0.1, -0.05) is 30.3 Å². The van der Waals surface area contributed by atoms with Gasteiger partial charge in [0.25, 0.3) is 0 Å². The number of imidazole rings is 1. The number of hydrogen-bond donors (Lipinski definition) is 0. The van der Waals surface area contributed by atoms with Gasteiger partial charge < -0.3 is 9.47 Å². The lowest BCUT2D eigenvalue weighted by molar-refractivity contribution is -0.140. The van der Waals surface area contributed by atoms with E-state index >= 15 is 0 Å². The van der Waals surface area contributed by atoms with Gasteiger partial charge in [0.1, 0.15) is 11.6 Å². The fourth-order valence-corrected chi connectivity index (χ4v) is 3.83. The molecule has 4 rings (SSSR count). The van der Waals surface area contributed by atoms with Crippen LogP contribution in [0, 0.1) is 0 Å². The van der Waals surface area contributed by atoms with E-state index in [0.29, 0.717) is 35.7 Å². The van der Waals surface area contributed by atoms with Crippen LogP contribution in [0.15, 0.2) is 72.8 Å². The van der Waals surface area contributed by atoms with Gasteiger partial charge in [0.15, 0.2) is 0 Å². The number of esters is 1. The van der Waals surface area contributed by atoms with Gasteiger partial charge in [0.05, 0.1) is 30.3 Å². The number of ether oxygens (including phenoxy) is 2. The molecule has 0 aliphatic heterocycles. The Balaban J connectivity index is 1.60. The molecule has 0 atom stereocenters. The Labute approximate surface area is 201 Å². The molecule has 0 N–H and O–H groups in total. The smallest absolute Gasteiger partial charge is 0.416 e. The zero-order chi connectivity index (χ0) is 24.8. The number of halogens is 3. The number of carbonyl (C=O) groups is 1. The third kappa shape index (κ3) is 5.82. The van der Waals surface area contributed by atoms with Gasteiger partial charge in [-0.15, -0.1) is 0 Å². The number of methoxy groups -OCH3 is 1. The molecular weight excluding hydrogens is 457 g/mol. The zero-order valence-electron chi connectivity index (χ0n) is 19.2. The Morgan fingerprint density at radius 2 is 1.69 bits per heavy atom. The second-order valence-electron chi connectivity index (χ2n) is 8.07. The number of unbranched alkanes of at least 4 members (excludes halogenated alkanes) is 2. The third-order valence-electron chi connectivity index (χ3n) is 5.63. The molecule has 3 aromatic carbocycles. The van der Waals surface area contributed by atoms with E-state index in [0.717, 1.165) is 42.6 Å². The largest absolute Gasteiger partial charge is 0.494 e. The van der Waals surface area contributed by atoms with Crippen LogP contribution in [0.1, 0.15) is 31.2 Å². The van der Waals surface area contributed by atoms with Crippen molar-refractivity contribution in [2.24, 2.45) is 0 Å². The molecule has 182 valence electrons. The van der Waals surface area contributed by atoms with E-state index in [4.69, 9.17) is 9.72 Å². The maximum atomic E-state index is 13.0. The first-order valence-electron chi connectivity index (χ1n) is 11.3. The molecule has 0 bridgehead atoms. The molecule has 35 heavy (non-hydrogen) atoms. The first-order valence-corrected chi connectivity index (χ1v) is 11.3. The fraction of sp³-hybridized carbons (Fsp3) is 0.259. The second-order valence-corrected chi connectivity index (χ2v) is 8.07. The van der Waals surface area contributed by atoms with Crippen molar-refractivity contribution in [3.05, 3.63) is 78.4 Å². The summed E-state index contributed by atoms with van der Waals surface area (Å²) >= 11 is 0. The summed E-state index contributed by atoms with van der Waals surface area (Å²) in [5, 5.41) is 0. The molecule has 0 spiro atoms. The summed E-state index contributed by atoms with van der Waals surface area (Å²) in [6, 6.07) is 20.1. The van der Waals surface area contributed by atoms with Crippen molar-refractivity contribution in [2.45, 2.75) is 31.9 Å². The molecule has 0 fully saturated rings. The Bertz CT molecular complexity index is 1280. The minimum absolute atomic E-state index is 0.214. The molecule has 0 saturated heterocycles. The van der Waals surface area contributed by atoms with Crippen molar-refractivity contribution in [1.29, 1.82) is 0 Å². The lowest BCUT2D eigenvalue weighted by atomic mass is 10.1. The fourth-order valence-electron chi connectivity index (χ4n) is 3.83. The molecule has 0 aliphatic carbocycles. The summed E-state index contributed by atoms with van der Waals surface area (Å²) in [5.41, 5.74) is 2.20. The lowest BCUT2D eigenvalue weighted by Crippen LogP contribution is -2.04. The summed E-state index contributed by atoms with van der Waals surface area (Å²) in [7, 11) is 1.38. The summed E-state index contributed by atoms with van der Waals surface area (Å²) in [6.45, 7) is 0.498. The molecule has 0 aliphatic rings. The molecule has 4 aromatic rings. The van der Waals surface area contributed by atoms with Crippen molar-refractivity contribution < 1.29 is 27.4 Å². The van der Waals surface area contributed by atoms with Gasteiger partial charge in [-0.25, -0.2) is 4.98 Å². The van der Waals surface area contributed by atoms with Gasteiger partial charge in [0, 0.05) is 23.7 Å². The van der Waals surface area contributed by atoms with E-state index in [1.54, 1.807) is 0 Å². The van der Waals surface area contributed by atoms with Crippen LogP contribution in [0.4, 0.5) is 13.2 Å². The van der Waals surface area contributed by atoms with Crippen LogP contribution >= 0.6 is 0 Å². The molecule has 0 unspecified atom stereocenters. The SMILES string of the molecule is COC(=O)CCCCCOc1ccc2nc(-c3ccc(C(F)(F)F)cc3)n(-c3ccccc3)c2c1. The topological polar surface area (TPSA) is 53.4 Å². The van der Waals surface area contributed by atoms with Crippen LogP contribution in [0.3, 0.4) is 0 Å². The van der Waals surface area contributed by atoms with Crippen LogP contribution < -0.4 is 4.74 Å². The quantitative estimate of drug-likeness (QED) is 0.194. The number of para-hydroxylation sites is 1. The first kappa shape index (κ1) is 24.3. The van der Waals surface area contributed by atoms with E-state index < -0.39 is 11.7 Å². The monoisotopic (exact) mass is 482 g/mol. The number of aromatic nitrogens is 2. The number of rotatable bonds is 9. The maximum absolute atomic E-state index is 13.0. The lowest BCUT2D eigenvalue weighted by Gasteiger charge is -2.12. The Morgan fingerprint density at radius 3 is 2.37 bits per heavy atom. The molecule has 0 saturated carbocycles. The zero-order valence-corrected chi connectivity index (χ0v) is 19.2. The van der Waals surface area contributed by atoms with Gasteiger partial charge in [-0.3, -0.25) is 9.36 Å². The summed E-state index contributed by atoms with van der Waals surface area (Å²) in [4.78, 5) is 15.9. The normalized spacial score (nSPS) is 11.5. The van der Waals surface area contributed by atoms with Crippen molar-refractivity contribution in [3.8, 4) is 22.8 Å². The van der Waals surface area contributed by atoms with Gasteiger partial charge in [-0.2, -0.15) is 13.2 Å². The third-order valence-corrected chi connectivity index (χ3v) is 5.63. The van der Waals surface area contributed by atoms with Gasteiger partial charge >= 0.3 is 12.1 Å². The number of hydrogen-bond acceptors (Lipinski definition) is 4. The van der Waals surface area contributed by atoms with Crippen molar-refractivity contribution >= 4 is 17.0 Å². The summed E-state index contributed by atoms with van der Waals surface area (Å²) < 4.78 is 51.6. The Hall–Kier alpha value is -3.81. The Morgan fingerprint density at radius 1 is 0.943 bits per heavy atom. The number of carbonyl (C=O) groups excluding carboxylic acids is 1. The predicted octanol–water partition coefficient (Wildman–Crippen LogP) is 6.82. The van der Waals surface area contributed by atoms with Gasteiger partial charge in [-0.05, 0) is 55.7 Å². The molecule has 1 heterocycles. The first-order chi connectivity index (χ1) is 16.9. The average molecular weight is 483 g/mol. The van der Waals surface area contributed by atoms with Crippen molar-refractivity contribution in [2.75, 3.05) is 13.7 Å². The summed E-state index contributed by atoms with van der Waals surface area (Å²) in [5.74, 6) is 0.996. The minimum atomic E-state index is -4.40. The number of benzene rings is 3. The highest BCUT2D eigenvalue weighted by atomic mass is 19.4. The average Bonchev–Trinajstić information content (AvgIpc) is 3.25. The standard InChI is InChI=1S/C27H25F3N2O3/c1-34-25(33)10-6-3-7-17-35-22-15-16-23-24(18-22)32(21-8-4-2-5-9-21)26(31-23)19-11-13-20(14-12-19)27(28,29)30/h2,4-5,8-9,11-16,18H,3,6-7,10,17H2,1H3.